The molecule has 0 unspecified atom stereocenters. The number of para-hydroxylation sites is 1. The number of benzene rings is 2. The van der Waals surface area contributed by atoms with Gasteiger partial charge in [0, 0.05) is 12.1 Å². The molecule has 0 spiro atoms. The van der Waals surface area contributed by atoms with E-state index in [1.54, 1.807) is 25.3 Å². The van der Waals surface area contributed by atoms with Gasteiger partial charge in [-0.2, -0.15) is 0 Å². The van der Waals surface area contributed by atoms with Gasteiger partial charge in [0.15, 0.2) is 11.5 Å². The number of carboxylic acid groups (broad SMARTS) is 1. The molecule has 0 fully saturated rings. The highest BCUT2D eigenvalue weighted by molar-refractivity contribution is 6.42. The molecule has 5 nitrogen and oxygen atoms in total. The maximum absolute atomic E-state index is 10.6. The van der Waals surface area contributed by atoms with Crippen molar-refractivity contribution in [1.29, 1.82) is 0 Å². The van der Waals surface area contributed by atoms with Gasteiger partial charge in [0.05, 0.1) is 23.7 Å². The van der Waals surface area contributed by atoms with E-state index in [4.69, 9.17) is 37.8 Å². The zero-order valence-electron chi connectivity index (χ0n) is 13.0. The van der Waals surface area contributed by atoms with Crippen LogP contribution in [0.3, 0.4) is 0 Å². The maximum Gasteiger partial charge on any atom is 0.317 e. The molecule has 0 bridgehead atoms. The normalized spacial score (nSPS) is 10.5. The lowest BCUT2D eigenvalue weighted by atomic mass is 10.1. The van der Waals surface area contributed by atoms with Crippen molar-refractivity contribution in [2.45, 2.75) is 13.2 Å². The van der Waals surface area contributed by atoms with Gasteiger partial charge in [0.25, 0.3) is 0 Å². The second-order valence-corrected chi connectivity index (χ2v) is 5.80. The molecule has 0 amide bonds. The average molecular weight is 370 g/mol. The number of rotatable bonds is 8. The van der Waals surface area contributed by atoms with Gasteiger partial charge < -0.3 is 19.9 Å². The van der Waals surface area contributed by atoms with Crippen LogP contribution in [0.5, 0.6) is 11.5 Å². The Kier molecular flexibility index (Phi) is 6.73. The smallest absolute Gasteiger partial charge is 0.317 e. The third-order valence-corrected chi connectivity index (χ3v) is 3.98. The van der Waals surface area contributed by atoms with Crippen molar-refractivity contribution in [1.82, 2.24) is 5.32 Å². The second kappa shape index (κ2) is 8.78. The van der Waals surface area contributed by atoms with E-state index in [0.29, 0.717) is 28.1 Å². The monoisotopic (exact) mass is 369 g/mol. The first-order valence-corrected chi connectivity index (χ1v) is 7.92. The van der Waals surface area contributed by atoms with Crippen LogP contribution in [0.15, 0.2) is 36.4 Å². The van der Waals surface area contributed by atoms with Gasteiger partial charge in [-0.15, -0.1) is 0 Å². The van der Waals surface area contributed by atoms with Gasteiger partial charge in [-0.3, -0.25) is 4.79 Å². The minimum Gasteiger partial charge on any atom is -0.493 e. The second-order valence-electron chi connectivity index (χ2n) is 4.98. The van der Waals surface area contributed by atoms with Crippen molar-refractivity contribution in [3.8, 4) is 11.5 Å². The summed E-state index contributed by atoms with van der Waals surface area (Å²) >= 11 is 11.9. The minimum atomic E-state index is -0.920. The molecule has 2 N–H and O–H groups in total. The van der Waals surface area contributed by atoms with Crippen LogP contribution < -0.4 is 14.8 Å². The molecule has 0 aromatic heterocycles. The van der Waals surface area contributed by atoms with Gasteiger partial charge in [-0.1, -0.05) is 41.4 Å². The molecule has 2 aromatic carbocycles. The molecular formula is C17H17Cl2NO4. The fourth-order valence-corrected chi connectivity index (χ4v) is 2.43. The number of ether oxygens (including phenoxy) is 2. The molecule has 24 heavy (non-hydrogen) atoms. The molecule has 0 aliphatic carbocycles. The number of carbonyl (C=O) groups is 1. The summed E-state index contributed by atoms with van der Waals surface area (Å²) in [4.78, 5) is 10.6. The van der Waals surface area contributed by atoms with E-state index >= 15 is 0 Å². The summed E-state index contributed by atoms with van der Waals surface area (Å²) in [7, 11) is 1.55. The van der Waals surface area contributed by atoms with Crippen LogP contribution in [-0.2, 0) is 17.9 Å². The fraction of sp³-hybridized carbons (Fsp3) is 0.235. The third-order valence-electron chi connectivity index (χ3n) is 3.24. The van der Waals surface area contributed by atoms with Gasteiger partial charge in [0.1, 0.15) is 6.61 Å². The SMILES string of the molecule is COc1cccc(CNCC(=O)O)c1OCc1ccc(Cl)c(Cl)c1. The highest BCUT2D eigenvalue weighted by atomic mass is 35.5. The molecule has 7 heteroatoms. The molecule has 2 rings (SSSR count). The van der Waals surface area contributed by atoms with Crippen LogP contribution in [0, 0.1) is 0 Å². The van der Waals surface area contributed by atoms with Crippen LogP contribution in [0.25, 0.3) is 0 Å². The maximum atomic E-state index is 10.6. The average Bonchev–Trinajstić information content (AvgIpc) is 2.56. The van der Waals surface area contributed by atoms with Crippen molar-refractivity contribution in [3.05, 3.63) is 57.6 Å². The molecule has 2 aromatic rings. The molecular weight excluding hydrogens is 353 g/mol. The molecule has 0 aliphatic rings. The van der Waals surface area contributed by atoms with Crippen molar-refractivity contribution in [3.63, 3.8) is 0 Å². The molecule has 128 valence electrons. The van der Waals surface area contributed by atoms with Crippen LogP contribution >= 0.6 is 23.2 Å². The topological polar surface area (TPSA) is 67.8 Å². The summed E-state index contributed by atoms with van der Waals surface area (Å²) in [6, 6.07) is 10.7. The van der Waals surface area contributed by atoms with Gasteiger partial charge >= 0.3 is 5.97 Å². The largest absolute Gasteiger partial charge is 0.493 e. The van der Waals surface area contributed by atoms with Crippen LogP contribution in [0.1, 0.15) is 11.1 Å². The summed E-state index contributed by atoms with van der Waals surface area (Å²) in [5.74, 6) is 0.213. The first kappa shape index (κ1) is 18.4. The van der Waals surface area contributed by atoms with E-state index in [1.165, 1.54) is 0 Å². The molecule has 0 saturated carbocycles. The molecule has 0 saturated heterocycles. The summed E-state index contributed by atoms with van der Waals surface area (Å²) < 4.78 is 11.2. The zero-order chi connectivity index (χ0) is 17.5. The fourth-order valence-electron chi connectivity index (χ4n) is 2.11. The van der Waals surface area contributed by atoms with E-state index in [2.05, 4.69) is 5.32 Å². The van der Waals surface area contributed by atoms with E-state index < -0.39 is 5.97 Å². The number of carboxylic acids is 1. The predicted molar refractivity (Wildman–Crippen MR) is 93.1 cm³/mol. The Morgan fingerprint density at radius 3 is 2.67 bits per heavy atom. The predicted octanol–water partition coefficient (Wildman–Crippen LogP) is 3.76. The van der Waals surface area contributed by atoms with E-state index in [0.717, 1.165) is 11.1 Å². The quantitative estimate of drug-likeness (QED) is 0.741. The lowest BCUT2D eigenvalue weighted by Crippen LogP contribution is -2.22. The van der Waals surface area contributed by atoms with Crippen LogP contribution in [0.2, 0.25) is 10.0 Å². The molecule has 0 radical (unpaired) electrons. The lowest BCUT2D eigenvalue weighted by Gasteiger charge is -2.15. The van der Waals surface area contributed by atoms with E-state index in [1.807, 2.05) is 18.2 Å². The lowest BCUT2D eigenvalue weighted by molar-refractivity contribution is -0.136. The van der Waals surface area contributed by atoms with Crippen molar-refractivity contribution < 1.29 is 19.4 Å². The first-order valence-electron chi connectivity index (χ1n) is 7.16. The number of halogens is 2. The Morgan fingerprint density at radius 2 is 2.00 bits per heavy atom. The standard InChI is InChI=1S/C17H17Cl2NO4/c1-23-15-4-2-3-12(8-20-9-16(21)22)17(15)24-10-11-5-6-13(18)14(19)7-11/h2-7,20H,8-10H2,1H3,(H,21,22). The van der Waals surface area contributed by atoms with Crippen LogP contribution in [0.4, 0.5) is 0 Å². The zero-order valence-corrected chi connectivity index (χ0v) is 14.5. The summed E-state index contributed by atoms with van der Waals surface area (Å²) in [5.41, 5.74) is 1.66. The molecule has 0 atom stereocenters. The van der Waals surface area contributed by atoms with Crippen molar-refractivity contribution in [2.24, 2.45) is 0 Å². The molecule has 0 aliphatic heterocycles. The Hall–Kier alpha value is -1.95. The number of hydrogen-bond acceptors (Lipinski definition) is 4. The Labute approximate surface area is 150 Å². The third kappa shape index (κ3) is 5.03. The van der Waals surface area contributed by atoms with Gasteiger partial charge in [-0.25, -0.2) is 0 Å². The number of hydrogen-bond donors (Lipinski definition) is 2. The summed E-state index contributed by atoms with van der Waals surface area (Å²) in [5, 5.41) is 12.5. The number of methoxy groups -OCH3 is 1. The molecule has 0 heterocycles. The highest BCUT2D eigenvalue weighted by Crippen LogP contribution is 2.32. The van der Waals surface area contributed by atoms with E-state index in [-0.39, 0.29) is 13.2 Å². The van der Waals surface area contributed by atoms with Crippen molar-refractivity contribution in [2.75, 3.05) is 13.7 Å². The Bertz CT molecular complexity index is 722. The van der Waals surface area contributed by atoms with Gasteiger partial charge in [0.2, 0.25) is 0 Å². The summed E-state index contributed by atoms with van der Waals surface area (Å²) in [6.45, 7) is 0.493. The first-order chi connectivity index (χ1) is 11.5. The van der Waals surface area contributed by atoms with Crippen LogP contribution in [-0.4, -0.2) is 24.7 Å². The number of aliphatic carboxylic acids is 1. The summed E-state index contributed by atoms with van der Waals surface area (Å²) in [6.07, 6.45) is 0. The Balaban J connectivity index is 2.14. The van der Waals surface area contributed by atoms with Crippen molar-refractivity contribution >= 4 is 29.2 Å². The van der Waals surface area contributed by atoms with Gasteiger partial charge in [-0.05, 0) is 23.8 Å². The van der Waals surface area contributed by atoms with E-state index in [9.17, 15) is 4.79 Å². The highest BCUT2D eigenvalue weighted by Gasteiger charge is 2.11. The minimum absolute atomic E-state index is 0.135. The number of nitrogens with one attached hydrogen (secondary N) is 1. The Morgan fingerprint density at radius 1 is 1.21 bits per heavy atom.